The van der Waals surface area contributed by atoms with Crippen molar-refractivity contribution in [1.82, 2.24) is 14.8 Å². The Labute approximate surface area is 99.7 Å². The van der Waals surface area contributed by atoms with Gasteiger partial charge < -0.3 is 5.32 Å². The lowest BCUT2D eigenvalue weighted by atomic mass is 10.1. The van der Waals surface area contributed by atoms with Crippen LogP contribution in [0.3, 0.4) is 0 Å². The first-order valence-corrected chi connectivity index (χ1v) is 5.25. The van der Waals surface area contributed by atoms with Crippen LogP contribution in [0, 0.1) is 25.2 Å². The number of rotatable bonds is 2. The van der Waals surface area contributed by atoms with Gasteiger partial charge in [0.05, 0.1) is 16.9 Å². The number of aromatic nitrogens is 3. The van der Waals surface area contributed by atoms with Crippen LogP contribution in [0.2, 0.25) is 0 Å². The second kappa shape index (κ2) is 4.26. The number of hydrogen-bond acceptors (Lipinski definition) is 4. The highest BCUT2D eigenvalue weighted by atomic mass is 15.3. The minimum atomic E-state index is 0.557. The van der Waals surface area contributed by atoms with Crippen LogP contribution in [0.25, 0.3) is 0 Å². The van der Waals surface area contributed by atoms with E-state index in [1.165, 1.54) is 0 Å². The summed E-state index contributed by atoms with van der Waals surface area (Å²) in [6, 6.07) is 5.86. The Bertz CT molecular complexity index is 591. The summed E-state index contributed by atoms with van der Waals surface area (Å²) in [6.07, 6.45) is 1.84. The molecular weight excluding hydrogens is 214 g/mol. The summed E-state index contributed by atoms with van der Waals surface area (Å²) >= 11 is 0. The van der Waals surface area contributed by atoms with Gasteiger partial charge in [0.25, 0.3) is 0 Å². The predicted molar refractivity (Wildman–Crippen MR) is 64.9 cm³/mol. The summed E-state index contributed by atoms with van der Waals surface area (Å²) in [4.78, 5) is 4.26. The summed E-state index contributed by atoms with van der Waals surface area (Å²) in [6.45, 7) is 3.73. The molecule has 2 rings (SSSR count). The van der Waals surface area contributed by atoms with Crippen molar-refractivity contribution in [3.63, 3.8) is 0 Å². The Morgan fingerprint density at radius 2 is 2.18 bits per heavy atom. The zero-order valence-electron chi connectivity index (χ0n) is 10.0. The van der Waals surface area contributed by atoms with Crippen LogP contribution in [0.5, 0.6) is 0 Å². The number of pyridine rings is 1. The molecule has 0 saturated heterocycles. The maximum absolute atomic E-state index is 9.12. The third kappa shape index (κ3) is 2.26. The first kappa shape index (κ1) is 11.1. The molecule has 0 unspecified atom stereocenters. The Balaban J connectivity index is 2.42. The second-order valence-electron chi connectivity index (χ2n) is 3.88. The molecule has 0 saturated carbocycles. The largest absolute Gasteiger partial charge is 0.338 e. The van der Waals surface area contributed by atoms with E-state index in [9.17, 15) is 0 Å². The van der Waals surface area contributed by atoms with E-state index in [2.05, 4.69) is 21.5 Å². The Morgan fingerprint density at radius 3 is 2.76 bits per heavy atom. The van der Waals surface area contributed by atoms with Crippen molar-refractivity contribution in [3.05, 3.63) is 35.3 Å². The SMILES string of the molecule is Cc1cc(Nc2ccn(C)n2)c(C#N)c(C)n1. The lowest BCUT2D eigenvalue weighted by molar-refractivity contribution is 0.771. The van der Waals surface area contributed by atoms with Gasteiger partial charge in [0.15, 0.2) is 5.82 Å². The van der Waals surface area contributed by atoms with Gasteiger partial charge in [-0.2, -0.15) is 10.4 Å². The molecule has 0 spiro atoms. The van der Waals surface area contributed by atoms with E-state index >= 15 is 0 Å². The fraction of sp³-hybridized carbons (Fsp3) is 0.250. The number of anilines is 2. The van der Waals surface area contributed by atoms with Crippen LogP contribution in [0.15, 0.2) is 18.3 Å². The lowest BCUT2D eigenvalue weighted by Gasteiger charge is -2.08. The van der Waals surface area contributed by atoms with Crippen molar-refractivity contribution in [3.8, 4) is 6.07 Å². The zero-order valence-corrected chi connectivity index (χ0v) is 10.0. The van der Waals surface area contributed by atoms with Gasteiger partial charge in [-0.25, -0.2) is 0 Å². The topological polar surface area (TPSA) is 66.5 Å². The van der Waals surface area contributed by atoms with Crippen LogP contribution in [0.4, 0.5) is 11.5 Å². The van der Waals surface area contributed by atoms with Crippen molar-refractivity contribution in [2.24, 2.45) is 7.05 Å². The molecule has 2 aromatic rings. The van der Waals surface area contributed by atoms with Crippen LogP contribution in [-0.2, 0) is 7.05 Å². The van der Waals surface area contributed by atoms with Crippen LogP contribution >= 0.6 is 0 Å². The molecule has 0 amide bonds. The molecule has 2 aromatic heterocycles. The molecule has 0 fully saturated rings. The highest BCUT2D eigenvalue weighted by Crippen LogP contribution is 2.22. The third-order valence-corrected chi connectivity index (χ3v) is 2.42. The van der Waals surface area contributed by atoms with Gasteiger partial charge >= 0.3 is 0 Å². The minimum Gasteiger partial charge on any atom is -0.338 e. The Morgan fingerprint density at radius 1 is 1.41 bits per heavy atom. The van der Waals surface area contributed by atoms with Crippen LogP contribution in [-0.4, -0.2) is 14.8 Å². The highest BCUT2D eigenvalue weighted by molar-refractivity contribution is 5.65. The maximum Gasteiger partial charge on any atom is 0.152 e. The molecule has 86 valence electrons. The second-order valence-corrected chi connectivity index (χ2v) is 3.88. The Kier molecular flexibility index (Phi) is 2.79. The minimum absolute atomic E-state index is 0.557. The van der Waals surface area contributed by atoms with Gasteiger partial charge in [0, 0.05) is 25.0 Å². The molecule has 0 aliphatic heterocycles. The van der Waals surface area contributed by atoms with Gasteiger partial charge in [0.1, 0.15) is 6.07 Å². The van der Waals surface area contributed by atoms with Crippen molar-refractivity contribution in [1.29, 1.82) is 5.26 Å². The smallest absolute Gasteiger partial charge is 0.152 e. The van der Waals surface area contributed by atoms with Crippen LogP contribution < -0.4 is 5.32 Å². The fourth-order valence-electron chi connectivity index (χ4n) is 1.69. The third-order valence-electron chi connectivity index (χ3n) is 2.42. The van der Waals surface area contributed by atoms with E-state index in [0.29, 0.717) is 11.4 Å². The summed E-state index contributed by atoms with van der Waals surface area (Å²) < 4.78 is 1.70. The van der Waals surface area contributed by atoms with Gasteiger partial charge in [-0.3, -0.25) is 9.67 Å². The molecule has 5 heteroatoms. The van der Waals surface area contributed by atoms with E-state index in [4.69, 9.17) is 5.26 Å². The lowest BCUT2D eigenvalue weighted by Crippen LogP contribution is -2.00. The number of nitrogens with one attached hydrogen (secondary N) is 1. The van der Waals surface area contributed by atoms with Crippen molar-refractivity contribution < 1.29 is 0 Å². The normalized spacial score (nSPS) is 10.0. The number of hydrogen-bond donors (Lipinski definition) is 1. The summed E-state index contributed by atoms with van der Waals surface area (Å²) in [5.74, 6) is 0.717. The molecule has 2 heterocycles. The molecule has 0 atom stereocenters. The molecule has 0 aliphatic rings. The van der Waals surface area contributed by atoms with Crippen molar-refractivity contribution in [2.75, 3.05) is 5.32 Å². The number of nitriles is 1. The molecule has 0 aromatic carbocycles. The van der Waals surface area contributed by atoms with Gasteiger partial charge in [-0.1, -0.05) is 0 Å². The quantitative estimate of drug-likeness (QED) is 0.852. The van der Waals surface area contributed by atoms with Gasteiger partial charge in [-0.05, 0) is 19.9 Å². The first-order chi connectivity index (χ1) is 8.10. The van der Waals surface area contributed by atoms with Crippen LogP contribution in [0.1, 0.15) is 17.0 Å². The van der Waals surface area contributed by atoms with Crippen molar-refractivity contribution >= 4 is 11.5 Å². The molecule has 5 nitrogen and oxygen atoms in total. The van der Waals surface area contributed by atoms with Gasteiger partial charge in [0.2, 0.25) is 0 Å². The predicted octanol–water partition coefficient (Wildman–Crippen LogP) is 2.05. The number of aryl methyl sites for hydroxylation is 3. The maximum atomic E-state index is 9.12. The first-order valence-electron chi connectivity index (χ1n) is 5.25. The molecule has 17 heavy (non-hydrogen) atoms. The van der Waals surface area contributed by atoms with E-state index in [1.807, 2.05) is 39.2 Å². The summed E-state index contributed by atoms with van der Waals surface area (Å²) in [7, 11) is 1.85. The molecule has 0 aliphatic carbocycles. The van der Waals surface area contributed by atoms with Crippen molar-refractivity contribution in [2.45, 2.75) is 13.8 Å². The molecular formula is C12H13N5. The van der Waals surface area contributed by atoms with E-state index in [0.717, 1.165) is 17.1 Å². The average Bonchev–Trinajstić information content (AvgIpc) is 2.63. The van der Waals surface area contributed by atoms with E-state index in [1.54, 1.807) is 4.68 Å². The van der Waals surface area contributed by atoms with Gasteiger partial charge in [-0.15, -0.1) is 0 Å². The molecule has 0 radical (unpaired) electrons. The molecule has 0 bridgehead atoms. The number of nitrogens with zero attached hydrogens (tertiary/aromatic N) is 4. The average molecular weight is 227 g/mol. The fourth-order valence-corrected chi connectivity index (χ4v) is 1.69. The highest BCUT2D eigenvalue weighted by Gasteiger charge is 2.09. The standard InChI is InChI=1S/C12H13N5/c1-8-6-11(10(7-13)9(2)14-8)15-12-4-5-17(3)16-12/h4-6H,1-3H3,(H,14,15,16). The van der Waals surface area contributed by atoms with E-state index in [-0.39, 0.29) is 0 Å². The zero-order chi connectivity index (χ0) is 12.4. The summed E-state index contributed by atoms with van der Waals surface area (Å²) in [5, 5.41) is 16.5. The Hall–Kier alpha value is -2.35. The van der Waals surface area contributed by atoms with E-state index < -0.39 is 0 Å². The molecule has 1 N–H and O–H groups in total. The monoisotopic (exact) mass is 227 g/mol. The summed E-state index contributed by atoms with van der Waals surface area (Å²) in [5.41, 5.74) is 2.91.